The van der Waals surface area contributed by atoms with Gasteiger partial charge in [0, 0.05) is 6.04 Å². The summed E-state index contributed by atoms with van der Waals surface area (Å²) in [7, 11) is 0. The molecule has 0 N–H and O–H groups in total. The van der Waals surface area contributed by atoms with Gasteiger partial charge in [-0.05, 0) is 37.3 Å². The Balaban J connectivity index is 2.09. The van der Waals surface area contributed by atoms with E-state index in [2.05, 4.69) is 16.5 Å². The lowest BCUT2D eigenvalue weighted by atomic mass is 10.0. The number of fused-ring (bicyclic) bond motifs is 1. The summed E-state index contributed by atoms with van der Waals surface area (Å²) in [5.41, 5.74) is 2.02. The molecule has 0 amide bonds. The average Bonchev–Trinajstić information content (AvgIpc) is 2.69. The van der Waals surface area contributed by atoms with Crippen molar-refractivity contribution < 1.29 is 0 Å². The van der Waals surface area contributed by atoms with E-state index in [1.54, 1.807) is 0 Å². The van der Waals surface area contributed by atoms with Crippen LogP contribution in [0.15, 0.2) is 18.2 Å². The number of para-hydroxylation sites is 1. The molecule has 4 heteroatoms. The van der Waals surface area contributed by atoms with Crippen molar-refractivity contribution in [1.82, 2.24) is 9.55 Å². The van der Waals surface area contributed by atoms with E-state index >= 15 is 0 Å². The molecule has 2 unspecified atom stereocenters. The van der Waals surface area contributed by atoms with Crippen molar-refractivity contribution >= 4 is 34.2 Å². The Morgan fingerprint density at radius 3 is 2.90 bits per heavy atom. The zero-order valence-electron chi connectivity index (χ0n) is 11.8. The summed E-state index contributed by atoms with van der Waals surface area (Å²) >= 11 is 12.5. The monoisotopic (exact) mass is 310 g/mol. The maximum absolute atomic E-state index is 6.42. The van der Waals surface area contributed by atoms with Crippen LogP contribution in [0.2, 0.25) is 5.02 Å². The smallest absolute Gasteiger partial charge is 0.125 e. The van der Waals surface area contributed by atoms with Crippen LogP contribution in [-0.2, 0) is 5.88 Å². The van der Waals surface area contributed by atoms with E-state index in [-0.39, 0.29) is 0 Å². The van der Waals surface area contributed by atoms with Gasteiger partial charge in [-0.15, -0.1) is 11.6 Å². The molecule has 0 aliphatic heterocycles. The molecule has 0 radical (unpaired) electrons. The van der Waals surface area contributed by atoms with Crippen LogP contribution < -0.4 is 0 Å². The molecule has 1 aromatic carbocycles. The summed E-state index contributed by atoms with van der Waals surface area (Å²) in [4.78, 5) is 4.66. The van der Waals surface area contributed by atoms with Gasteiger partial charge in [0.15, 0.2) is 0 Å². The number of hydrogen-bond donors (Lipinski definition) is 0. The molecule has 1 heterocycles. The number of aromatic nitrogens is 2. The zero-order chi connectivity index (χ0) is 14.1. The van der Waals surface area contributed by atoms with E-state index in [0.29, 0.717) is 11.9 Å². The minimum atomic E-state index is 0.442. The molecule has 108 valence electrons. The van der Waals surface area contributed by atoms with Crippen molar-refractivity contribution in [2.24, 2.45) is 5.92 Å². The highest BCUT2D eigenvalue weighted by molar-refractivity contribution is 6.35. The summed E-state index contributed by atoms with van der Waals surface area (Å²) < 4.78 is 2.31. The lowest BCUT2D eigenvalue weighted by Gasteiger charge is -2.20. The third-order valence-corrected chi connectivity index (χ3v) is 4.99. The van der Waals surface area contributed by atoms with E-state index in [4.69, 9.17) is 23.2 Å². The predicted molar refractivity (Wildman–Crippen MR) is 85.6 cm³/mol. The van der Waals surface area contributed by atoms with E-state index in [1.165, 1.54) is 32.1 Å². The molecule has 1 aromatic heterocycles. The minimum Gasteiger partial charge on any atom is -0.323 e. The van der Waals surface area contributed by atoms with Crippen molar-refractivity contribution in [1.29, 1.82) is 0 Å². The molecule has 2 aromatic rings. The van der Waals surface area contributed by atoms with Gasteiger partial charge in [-0.2, -0.15) is 0 Å². The molecule has 1 saturated carbocycles. The number of hydrogen-bond acceptors (Lipinski definition) is 1. The molecule has 2 nitrogen and oxygen atoms in total. The minimum absolute atomic E-state index is 0.442. The molecular weight excluding hydrogens is 291 g/mol. The van der Waals surface area contributed by atoms with E-state index in [9.17, 15) is 0 Å². The van der Waals surface area contributed by atoms with Gasteiger partial charge >= 0.3 is 0 Å². The summed E-state index contributed by atoms with van der Waals surface area (Å²) in [5.74, 6) is 2.22. The second-order valence-electron chi connectivity index (χ2n) is 5.91. The largest absolute Gasteiger partial charge is 0.323 e. The van der Waals surface area contributed by atoms with Crippen LogP contribution in [0.5, 0.6) is 0 Å². The predicted octanol–water partition coefficient (Wildman–Crippen LogP) is 5.57. The van der Waals surface area contributed by atoms with Crippen molar-refractivity contribution in [3.8, 4) is 0 Å². The molecule has 1 aliphatic carbocycles. The normalized spacial score (nSPS) is 23.9. The van der Waals surface area contributed by atoms with Gasteiger partial charge in [0.1, 0.15) is 5.82 Å². The fraction of sp³-hybridized carbons (Fsp3) is 0.562. The first-order chi connectivity index (χ1) is 9.70. The second-order valence-corrected chi connectivity index (χ2v) is 6.58. The Bertz CT molecular complexity index is 606. The highest BCUT2D eigenvalue weighted by Gasteiger charge is 2.23. The van der Waals surface area contributed by atoms with Crippen molar-refractivity contribution in [3.05, 3.63) is 29.0 Å². The molecule has 2 atom stereocenters. The maximum Gasteiger partial charge on any atom is 0.125 e. The Kier molecular flexibility index (Phi) is 4.23. The van der Waals surface area contributed by atoms with Gasteiger partial charge in [-0.1, -0.05) is 37.4 Å². The fourth-order valence-electron chi connectivity index (χ4n) is 3.37. The van der Waals surface area contributed by atoms with Crippen molar-refractivity contribution in [3.63, 3.8) is 0 Å². The molecule has 0 bridgehead atoms. The topological polar surface area (TPSA) is 17.8 Å². The van der Waals surface area contributed by atoms with Crippen LogP contribution in [0, 0.1) is 5.92 Å². The maximum atomic E-state index is 6.42. The van der Waals surface area contributed by atoms with Gasteiger partial charge in [0.2, 0.25) is 0 Å². The number of alkyl halides is 1. The molecular formula is C16H20Cl2N2. The lowest BCUT2D eigenvalue weighted by molar-refractivity contribution is 0.433. The van der Waals surface area contributed by atoms with Crippen LogP contribution in [0.25, 0.3) is 11.0 Å². The summed E-state index contributed by atoms with van der Waals surface area (Å²) in [6.45, 7) is 2.35. The zero-order valence-corrected chi connectivity index (χ0v) is 13.3. The number of nitrogens with zero attached hydrogens (tertiary/aromatic N) is 2. The number of rotatable bonds is 2. The fourth-order valence-corrected chi connectivity index (χ4v) is 3.82. The van der Waals surface area contributed by atoms with E-state index in [1.807, 2.05) is 18.2 Å². The quantitative estimate of drug-likeness (QED) is 0.523. The Hall–Kier alpha value is -0.730. The Morgan fingerprint density at radius 2 is 2.10 bits per heavy atom. The van der Waals surface area contributed by atoms with Crippen LogP contribution >= 0.6 is 23.2 Å². The summed E-state index contributed by atoms with van der Waals surface area (Å²) in [5, 5.41) is 0.781. The Morgan fingerprint density at radius 1 is 1.25 bits per heavy atom. The summed E-state index contributed by atoms with van der Waals surface area (Å²) in [6.07, 6.45) is 6.27. The average molecular weight is 311 g/mol. The van der Waals surface area contributed by atoms with E-state index < -0.39 is 0 Å². The van der Waals surface area contributed by atoms with Crippen LogP contribution in [0.4, 0.5) is 0 Å². The highest BCUT2D eigenvalue weighted by Crippen LogP contribution is 2.36. The van der Waals surface area contributed by atoms with Gasteiger partial charge in [0.25, 0.3) is 0 Å². The summed E-state index contributed by atoms with van der Waals surface area (Å²) in [6, 6.07) is 6.40. The number of benzene rings is 1. The second kappa shape index (κ2) is 5.95. The molecule has 0 spiro atoms. The van der Waals surface area contributed by atoms with Crippen LogP contribution in [0.3, 0.4) is 0 Å². The van der Waals surface area contributed by atoms with E-state index in [0.717, 1.165) is 27.8 Å². The number of halogens is 2. The van der Waals surface area contributed by atoms with Gasteiger partial charge in [-0.25, -0.2) is 4.98 Å². The van der Waals surface area contributed by atoms with Crippen LogP contribution in [-0.4, -0.2) is 9.55 Å². The first-order valence-corrected chi connectivity index (χ1v) is 8.33. The molecule has 3 rings (SSSR count). The van der Waals surface area contributed by atoms with Crippen LogP contribution in [0.1, 0.15) is 50.9 Å². The highest BCUT2D eigenvalue weighted by atomic mass is 35.5. The molecule has 1 aliphatic rings. The standard InChI is InChI=1S/C16H20Cl2N2/c1-11-4-2-5-12(9-8-11)20-15(10-17)19-14-7-3-6-13(18)16(14)20/h3,6-7,11-12H,2,4-5,8-10H2,1H3. The molecule has 1 fully saturated rings. The first-order valence-electron chi connectivity index (χ1n) is 7.42. The first kappa shape index (κ1) is 14.2. The van der Waals surface area contributed by atoms with Crippen molar-refractivity contribution in [2.75, 3.05) is 0 Å². The van der Waals surface area contributed by atoms with Crippen molar-refractivity contribution in [2.45, 2.75) is 50.9 Å². The molecule has 0 saturated heterocycles. The lowest BCUT2D eigenvalue weighted by Crippen LogP contribution is -2.11. The van der Waals surface area contributed by atoms with Gasteiger partial charge in [-0.3, -0.25) is 0 Å². The molecule has 20 heavy (non-hydrogen) atoms. The third kappa shape index (κ3) is 2.56. The van der Waals surface area contributed by atoms with Gasteiger partial charge < -0.3 is 4.57 Å². The third-order valence-electron chi connectivity index (χ3n) is 4.45. The number of imidazole rings is 1. The van der Waals surface area contributed by atoms with Gasteiger partial charge in [0.05, 0.1) is 21.9 Å². The SMILES string of the molecule is CC1CCCC(n2c(CCl)nc3cccc(Cl)c32)CC1. The Labute approximate surface area is 130 Å².